The maximum absolute atomic E-state index is 12.2. The van der Waals surface area contributed by atoms with Crippen molar-refractivity contribution < 1.29 is 13.2 Å². The number of ether oxygens (including phenoxy) is 1. The third-order valence-corrected chi connectivity index (χ3v) is 5.05. The molecule has 7 heteroatoms. The Hall–Kier alpha value is -0.890. The maximum Gasteiger partial charge on any atom is 0.242 e. The molecule has 1 aliphatic rings. The van der Waals surface area contributed by atoms with E-state index in [0.29, 0.717) is 23.9 Å². The van der Waals surface area contributed by atoms with Crippen molar-refractivity contribution in [3.05, 3.63) is 18.0 Å². The van der Waals surface area contributed by atoms with Gasteiger partial charge >= 0.3 is 0 Å². The number of hydrogen-bond donors (Lipinski definition) is 2. The van der Waals surface area contributed by atoms with Crippen molar-refractivity contribution in [3.63, 3.8) is 0 Å². The molecule has 6 nitrogen and oxygen atoms in total. The summed E-state index contributed by atoms with van der Waals surface area (Å²) in [6.45, 7) is 2.65. The Bertz CT molecular complexity index is 533. The minimum Gasteiger partial charge on any atom is -0.381 e. The van der Waals surface area contributed by atoms with E-state index in [0.717, 1.165) is 31.7 Å². The Labute approximate surface area is 120 Å². The topological polar surface area (TPSA) is 72.4 Å². The van der Waals surface area contributed by atoms with Gasteiger partial charge in [-0.15, -0.1) is 0 Å². The predicted octanol–water partition coefficient (Wildman–Crippen LogP) is 0.449. The fourth-order valence-corrected chi connectivity index (χ4v) is 3.51. The quantitative estimate of drug-likeness (QED) is 0.767. The molecule has 0 radical (unpaired) electrons. The van der Waals surface area contributed by atoms with Crippen molar-refractivity contribution in [2.24, 2.45) is 13.0 Å². The fraction of sp³-hybridized carbons (Fsp3) is 0.692. The molecule has 114 valence electrons. The molecule has 0 amide bonds. The van der Waals surface area contributed by atoms with E-state index in [1.807, 2.05) is 18.7 Å². The molecule has 0 aromatic carbocycles. The van der Waals surface area contributed by atoms with Crippen LogP contribution in [0, 0.1) is 5.92 Å². The summed E-state index contributed by atoms with van der Waals surface area (Å²) in [4.78, 5) is 0.327. The van der Waals surface area contributed by atoms with Gasteiger partial charge in [0.25, 0.3) is 0 Å². The van der Waals surface area contributed by atoms with E-state index in [-0.39, 0.29) is 0 Å². The molecule has 0 aliphatic carbocycles. The summed E-state index contributed by atoms with van der Waals surface area (Å²) in [5, 5.41) is 3.02. The molecule has 1 aromatic rings. The summed E-state index contributed by atoms with van der Waals surface area (Å²) in [7, 11) is 0.274. The fourth-order valence-electron chi connectivity index (χ4n) is 2.37. The van der Waals surface area contributed by atoms with Gasteiger partial charge in [-0.25, -0.2) is 13.1 Å². The number of aryl methyl sites for hydroxylation is 1. The van der Waals surface area contributed by atoms with Gasteiger partial charge in [-0.3, -0.25) is 0 Å². The molecule has 2 N–H and O–H groups in total. The van der Waals surface area contributed by atoms with Crippen LogP contribution in [0.25, 0.3) is 0 Å². The molecule has 2 heterocycles. The van der Waals surface area contributed by atoms with Crippen molar-refractivity contribution in [3.8, 4) is 0 Å². The molecule has 1 aromatic heterocycles. The van der Waals surface area contributed by atoms with Crippen LogP contribution in [0.1, 0.15) is 18.5 Å². The van der Waals surface area contributed by atoms with E-state index in [1.165, 1.54) is 0 Å². The summed E-state index contributed by atoms with van der Waals surface area (Å²) >= 11 is 0. The second-order valence-corrected chi connectivity index (χ2v) is 6.99. The molecule has 1 unspecified atom stereocenters. The highest BCUT2D eigenvalue weighted by Gasteiger charge is 2.19. The van der Waals surface area contributed by atoms with Crippen LogP contribution < -0.4 is 10.0 Å². The Morgan fingerprint density at radius 2 is 2.30 bits per heavy atom. The van der Waals surface area contributed by atoms with Crippen LogP contribution in [0.4, 0.5) is 0 Å². The Morgan fingerprint density at radius 1 is 1.50 bits per heavy atom. The molecule has 0 bridgehead atoms. The molecule has 0 spiro atoms. The standard InChI is InChI=1S/C13H23N3O3S/c1-14-8-12-7-13(9-16(12)2)20(17,18)15-5-3-11-4-6-19-10-11/h7,9,11,14-15H,3-6,8,10H2,1-2H3. The number of rotatable bonds is 7. The molecule has 20 heavy (non-hydrogen) atoms. The van der Waals surface area contributed by atoms with Crippen LogP contribution in [-0.4, -0.2) is 39.8 Å². The van der Waals surface area contributed by atoms with Gasteiger partial charge in [0.15, 0.2) is 0 Å². The first-order valence-corrected chi connectivity index (χ1v) is 8.38. The average Bonchev–Trinajstić information content (AvgIpc) is 3.01. The lowest BCUT2D eigenvalue weighted by atomic mass is 10.1. The summed E-state index contributed by atoms with van der Waals surface area (Å²) in [6.07, 6.45) is 3.50. The van der Waals surface area contributed by atoms with Crippen molar-refractivity contribution >= 4 is 10.0 Å². The van der Waals surface area contributed by atoms with Gasteiger partial charge in [0, 0.05) is 45.2 Å². The van der Waals surface area contributed by atoms with Crippen LogP contribution in [0.3, 0.4) is 0 Å². The zero-order chi connectivity index (χ0) is 14.6. The van der Waals surface area contributed by atoms with Crippen molar-refractivity contribution in [2.75, 3.05) is 26.8 Å². The first-order valence-electron chi connectivity index (χ1n) is 6.90. The molecular weight excluding hydrogens is 278 g/mol. The van der Waals surface area contributed by atoms with Gasteiger partial charge in [-0.2, -0.15) is 0 Å². The lowest BCUT2D eigenvalue weighted by Gasteiger charge is -2.08. The van der Waals surface area contributed by atoms with Crippen LogP contribution in [-0.2, 0) is 28.4 Å². The van der Waals surface area contributed by atoms with Gasteiger partial charge in [0.2, 0.25) is 10.0 Å². The van der Waals surface area contributed by atoms with Crippen molar-refractivity contribution in [1.29, 1.82) is 0 Å². The largest absolute Gasteiger partial charge is 0.381 e. The van der Waals surface area contributed by atoms with Crippen molar-refractivity contribution in [1.82, 2.24) is 14.6 Å². The number of nitrogens with zero attached hydrogens (tertiary/aromatic N) is 1. The second kappa shape index (κ2) is 6.71. The summed E-state index contributed by atoms with van der Waals surface area (Å²) in [6, 6.07) is 1.71. The summed E-state index contributed by atoms with van der Waals surface area (Å²) < 4.78 is 34.2. The van der Waals surface area contributed by atoms with E-state index in [1.54, 1.807) is 12.3 Å². The van der Waals surface area contributed by atoms with Gasteiger partial charge in [0.1, 0.15) is 0 Å². The monoisotopic (exact) mass is 301 g/mol. The summed E-state index contributed by atoms with van der Waals surface area (Å²) in [5.41, 5.74) is 0.942. The van der Waals surface area contributed by atoms with E-state index in [4.69, 9.17) is 4.74 Å². The molecule has 1 atom stereocenters. The lowest BCUT2D eigenvalue weighted by Crippen LogP contribution is -2.26. The van der Waals surface area contributed by atoms with Gasteiger partial charge in [-0.05, 0) is 31.9 Å². The highest BCUT2D eigenvalue weighted by molar-refractivity contribution is 7.89. The van der Waals surface area contributed by atoms with E-state index in [2.05, 4.69) is 10.0 Å². The first-order chi connectivity index (χ1) is 9.53. The Morgan fingerprint density at radius 3 is 2.95 bits per heavy atom. The second-order valence-electron chi connectivity index (χ2n) is 5.22. The average molecular weight is 301 g/mol. The zero-order valence-electron chi connectivity index (χ0n) is 12.1. The third-order valence-electron chi connectivity index (χ3n) is 3.62. The highest BCUT2D eigenvalue weighted by atomic mass is 32.2. The third kappa shape index (κ3) is 3.82. The molecule has 1 fully saturated rings. The van der Waals surface area contributed by atoms with Crippen molar-refractivity contribution in [2.45, 2.75) is 24.3 Å². The maximum atomic E-state index is 12.2. The van der Waals surface area contributed by atoms with Crippen LogP contribution in [0.5, 0.6) is 0 Å². The minimum atomic E-state index is -3.41. The van der Waals surface area contributed by atoms with E-state index >= 15 is 0 Å². The van der Waals surface area contributed by atoms with Gasteiger partial charge in [-0.1, -0.05) is 0 Å². The smallest absolute Gasteiger partial charge is 0.242 e. The number of aromatic nitrogens is 1. The summed E-state index contributed by atoms with van der Waals surface area (Å²) in [5.74, 6) is 0.480. The SMILES string of the molecule is CNCc1cc(S(=O)(=O)NCCC2CCOC2)cn1C. The molecule has 1 aliphatic heterocycles. The normalized spacial score (nSPS) is 19.6. The molecule has 1 saturated heterocycles. The molecule has 2 rings (SSSR count). The number of hydrogen-bond acceptors (Lipinski definition) is 4. The van der Waals surface area contributed by atoms with E-state index in [9.17, 15) is 8.42 Å². The van der Waals surface area contributed by atoms with E-state index < -0.39 is 10.0 Å². The van der Waals surface area contributed by atoms with Crippen LogP contribution in [0.15, 0.2) is 17.2 Å². The molecule has 0 saturated carbocycles. The first kappa shape index (κ1) is 15.5. The zero-order valence-corrected chi connectivity index (χ0v) is 12.9. The minimum absolute atomic E-state index is 0.327. The Balaban J connectivity index is 1.93. The van der Waals surface area contributed by atoms with Gasteiger partial charge < -0.3 is 14.6 Å². The molecular formula is C13H23N3O3S. The lowest BCUT2D eigenvalue weighted by molar-refractivity contribution is 0.184. The predicted molar refractivity (Wildman–Crippen MR) is 76.9 cm³/mol. The Kier molecular flexibility index (Phi) is 5.20. The number of nitrogens with one attached hydrogen (secondary N) is 2. The number of sulfonamides is 1. The highest BCUT2D eigenvalue weighted by Crippen LogP contribution is 2.17. The van der Waals surface area contributed by atoms with Crippen LogP contribution >= 0.6 is 0 Å². The van der Waals surface area contributed by atoms with Gasteiger partial charge in [0.05, 0.1) is 4.90 Å². The van der Waals surface area contributed by atoms with Crippen LogP contribution in [0.2, 0.25) is 0 Å².